The molecule has 7 heteroatoms. The van der Waals surface area contributed by atoms with Crippen molar-refractivity contribution in [3.63, 3.8) is 0 Å². The van der Waals surface area contributed by atoms with Crippen molar-refractivity contribution in [3.05, 3.63) is 59.7 Å². The van der Waals surface area contributed by atoms with Crippen molar-refractivity contribution in [2.24, 2.45) is 0 Å². The highest BCUT2D eigenvalue weighted by molar-refractivity contribution is 6.35. The minimum Gasteiger partial charge on any atom is -0.497 e. The molecule has 0 aromatic heterocycles. The average Bonchev–Trinajstić information content (AvgIpc) is 2.70. The number of benzene rings is 2. The maximum Gasteiger partial charge on any atom is 0.309 e. The zero-order valence-electron chi connectivity index (χ0n) is 15.7. The Balaban J connectivity index is 1.80. The number of ether oxygens (including phenoxy) is 1. The van der Waals surface area contributed by atoms with Crippen LogP contribution in [0.1, 0.15) is 17.2 Å². The van der Waals surface area contributed by atoms with Crippen molar-refractivity contribution < 1.29 is 19.4 Å². The summed E-state index contributed by atoms with van der Waals surface area (Å²) in [5.41, 5.74) is 2.49. The third-order valence-corrected chi connectivity index (χ3v) is 4.04. The first kappa shape index (κ1) is 20.3. The van der Waals surface area contributed by atoms with E-state index in [4.69, 9.17) is 4.74 Å². The molecular weight excluding hydrogens is 346 g/mol. The minimum atomic E-state index is -0.892. The molecule has 2 aromatic carbocycles. The van der Waals surface area contributed by atoms with Crippen LogP contribution in [0, 0.1) is 0 Å². The molecule has 0 radical (unpaired) electrons. The largest absolute Gasteiger partial charge is 0.497 e. The Bertz CT molecular complexity index is 775. The second kappa shape index (κ2) is 9.59. The van der Waals surface area contributed by atoms with Crippen molar-refractivity contribution in [1.29, 1.82) is 0 Å². The van der Waals surface area contributed by atoms with Crippen molar-refractivity contribution in [2.75, 3.05) is 32.6 Å². The molecule has 0 aliphatic heterocycles. The van der Waals surface area contributed by atoms with Crippen molar-refractivity contribution in [1.82, 2.24) is 10.6 Å². The Kier molecular flexibility index (Phi) is 7.19. The van der Waals surface area contributed by atoms with Crippen LogP contribution in [0.2, 0.25) is 0 Å². The van der Waals surface area contributed by atoms with Gasteiger partial charge in [-0.2, -0.15) is 0 Å². The summed E-state index contributed by atoms with van der Waals surface area (Å²) in [5, 5.41) is 15.2. The molecule has 0 spiro atoms. The van der Waals surface area contributed by atoms with Crippen LogP contribution < -0.4 is 20.3 Å². The minimum absolute atomic E-state index is 0.0489. The Morgan fingerprint density at radius 2 is 1.74 bits per heavy atom. The van der Waals surface area contributed by atoms with Gasteiger partial charge in [0, 0.05) is 32.9 Å². The van der Waals surface area contributed by atoms with E-state index in [0.717, 1.165) is 11.3 Å². The quantitative estimate of drug-likeness (QED) is 0.637. The molecule has 7 nitrogen and oxygen atoms in total. The van der Waals surface area contributed by atoms with Gasteiger partial charge < -0.3 is 25.4 Å². The first-order valence-electron chi connectivity index (χ1n) is 8.55. The lowest BCUT2D eigenvalue weighted by molar-refractivity contribution is -0.139. The molecule has 2 aromatic rings. The molecule has 0 bridgehead atoms. The maximum atomic E-state index is 11.9. The molecule has 0 saturated carbocycles. The van der Waals surface area contributed by atoms with Gasteiger partial charge in [0.1, 0.15) is 5.75 Å². The number of methoxy groups -OCH3 is 1. The number of rotatable bonds is 7. The van der Waals surface area contributed by atoms with Crippen LogP contribution in [-0.2, 0) is 16.1 Å². The smallest absolute Gasteiger partial charge is 0.309 e. The first-order valence-corrected chi connectivity index (χ1v) is 8.55. The number of nitrogens with zero attached hydrogens (tertiary/aromatic N) is 1. The van der Waals surface area contributed by atoms with Crippen LogP contribution in [-0.4, -0.2) is 44.7 Å². The number of carbonyl (C=O) groups excluding carboxylic acids is 2. The SMILES string of the molecule is COc1cccc(CNC(=O)C(=O)NCC(O)c2ccc(N(C)C)cc2)c1. The fourth-order valence-electron chi connectivity index (χ4n) is 2.43. The summed E-state index contributed by atoms with van der Waals surface area (Å²) >= 11 is 0. The number of amides is 2. The molecule has 0 fully saturated rings. The number of aliphatic hydroxyl groups excluding tert-OH is 1. The monoisotopic (exact) mass is 371 g/mol. The maximum absolute atomic E-state index is 11.9. The Hall–Kier alpha value is -3.06. The highest BCUT2D eigenvalue weighted by atomic mass is 16.5. The molecule has 144 valence electrons. The summed E-state index contributed by atoms with van der Waals surface area (Å²) in [6.07, 6.45) is -0.892. The number of aliphatic hydroxyl groups is 1. The van der Waals surface area contributed by atoms with Crippen LogP contribution in [0.15, 0.2) is 48.5 Å². The number of hydrogen-bond acceptors (Lipinski definition) is 5. The van der Waals surface area contributed by atoms with Crippen LogP contribution >= 0.6 is 0 Å². The second-order valence-electron chi connectivity index (χ2n) is 6.25. The lowest BCUT2D eigenvalue weighted by Gasteiger charge is -2.15. The van der Waals surface area contributed by atoms with Gasteiger partial charge in [0.15, 0.2) is 0 Å². The number of nitrogens with one attached hydrogen (secondary N) is 2. The van der Waals surface area contributed by atoms with E-state index in [-0.39, 0.29) is 13.1 Å². The van der Waals surface area contributed by atoms with E-state index in [1.165, 1.54) is 0 Å². The average molecular weight is 371 g/mol. The van der Waals surface area contributed by atoms with Crippen LogP contribution in [0.4, 0.5) is 5.69 Å². The predicted octanol–water partition coefficient (Wildman–Crippen LogP) is 1.23. The van der Waals surface area contributed by atoms with Gasteiger partial charge in [-0.15, -0.1) is 0 Å². The van der Waals surface area contributed by atoms with Gasteiger partial charge in [-0.05, 0) is 35.4 Å². The molecule has 1 unspecified atom stereocenters. The third-order valence-electron chi connectivity index (χ3n) is 4.04. The molecule has 27 heavy (non-hydrogen) atoms. The topological polar surface area (TPSA) is 90.9 Å². The van der Waals surface area contributed by atoms with Gasteiger partial charge in [-0.3, -0.25) is 9.59 Å². The van der Waals surface area contributed by atoms with Crippen molar-refractivity contribution in [2.45, 2.75) is 12.6 Å². The number of hydrogen-bond donors (Lipinski definition) is 3. The van der Waals surface area contributed by atoms with Gasteiger partial charge in [0.2, 0.25) is 0 Å². The standard InChI is InChI=1S/C20H25N3O4/c1-23(2)16-9-7-15(8-10-16)18(24)13-22-20(26)19(25)21-12-14-5-4-6-17(11-14)27-3/h4-11,18,24H,12-13H2,1-3H3,(H,21,25)(H,22,26). The molecule has 0 saturated heterocycles. The van der Waals surface area contributed by atoms with E-state index >= 15 is 0 Å². The van der Waals surface area contributed by atoms with Crippen molar-refractivity contribution in [3.8, 4) is 5.75 Å². The van der Waals surface area contributed by atoms with Crippen LogP contribution in [0.3, 0.4) is 0 Å². The van der Waals surface area contributed by atoms with Gasteiger partial charge >= 0.3 is 11.8 Å². The third kappa shape index (κ3) is 6.00. The first-order chi connectivity index (χ1) is 12.9. The zero-order valence-corrected chi connectivity index (χ0v) is 15.7. The summed E-state index contributed by atoms with van der Waals surface area (Å²) in [4.78, 5) is 25.7. The fourth-order valence-corrected chi connectivity index (χ4v) is 2.43. The number of carbonyl (C=O) groups is 2. The van der Waals surface area contributed by atoms with E-state index in [0.29, 0.717) is 11.3 Å². The molecule has 2 amide bonds. The lowest BCUT2D eigenvalue weighted by Crippen LogP contribution is -2.41. The summed E-state index contributed by atoms with van der Waals surface area (Å²) in [7, 11) is 5.41. The van der Waals surface area contributed by atoms with Crippen LogP contribution in [0.5, 0.6) is 5.75 Å². The fraction of sp³-hybridized carbons (Fsp3) is 0.300. The van der Waals surface area contributed by atoms with E-state index < -0.39 is 17.9 Å². The molecular formula is C20H25N3O4. The summed E-state index contributed by atoms with van der Waals surface area (Å²) in [5.74, 6) is -0.871. The molecule has 1 atom stereocenters. The summed E-state index contributed by atoms with van der Waals surface area (Å²) < 4.78 is 5.11. The van der Waals surface area contributed by atoms with E-state index in [1.807, 2.05) is 37.2 Å². The Labute approximate surface area is 158 Å². The van der Waals surface area contributed by atoms with Crippen LogP contribution in [0.25, 0.3) is 0 Å². The molecule has 0 heterocycles. The normalized spacial score (nSPS) is 11.4. The molecule has 2 rings (SSSR count). The lowest BCUT2D eigenvalue weighted by atomic mass is 10.1. The predicted molar refractivity (Wildman–Crippen MR) is 104 cm³/mol. The molecule has 0 aliphatic carbocycles. The number of anilines is 1. The van der Waals surface area contributed by atoms with E-state index in [1.54, 1.807) is 37.4 Å². The highest BCUT2D eigenvalue weighted by Gasteiger charge is 2.15. The van der Waals surface area contributed by atoms with Crippen molar-refractivity contribution >= 4 is 17.5 Å². The molecule has 0 aliphatic rings. The van der Waals surface area contributed by atoms with Gasteiger partial charge in [0.05, 0.1) is 13.2 Å². The Morgan fingerprint density at radius 1 is 1.07 bits per heavy atom. The van der Waals surface area contributed by atoms with E-state index in [2.05, 4.69) is 10.6 Å². The van der Waals surface area contributed by atoms with Gasteiger partial charge in [-0.25, -0.2) is 0 Å². The molecule has 3 N–H and O–H groups in total. The van der Waals surface area contributed by atoms with E-state index in [9.17, 15) is 14.7 Å². The summed E-state index contributed by atoms with van der Waals surface area (Å²) in [6.45, 7) is 0.157. The van der Waals surface area contributed by atoms with Gasteiger partial charge in [0.25, 0.3) is 0 Å². The van der Waals surface area contributed by atoms with Gasteiger partial charge in [-0.1, -0.05) is 24.3 Å². The summed E-state index contributed by atoms with van der Waals surface area (Å²) in [6, 6.07) is 14.5. The zero-order chi connectivity index (χ0) is 19.8. The highest BCUT2D eigenvalue weighted by Crippen LogP contribution is 2.17. The Morgan fingerprint density at radius 3 is 2.37 bits per heavy atom. The second-order valence-corrected chi connectivity index (χ2v) is 6.25.